The van der Waals surface area contributed by atoms with Gasteiger partial charge in [-0.25, -0.2) is 0 Å². The van der Waals surface area contributed by atoms with Gasteiger partial charge in [0, 0.05) is 18.3 Å². The Bertz CT molecular complexity index is 1150. The second kappa shape index (κ2) is 10.2. The summed E-state index contributed by atoms with van der Waals surface area (Å²) in [7, 11) is 0. The van der Waals surface area contributed by atoms with Crippen LogP contribution in [0.4, 0.5) is 0 Å². The highest BCUT2D eigenvalue weighted by Crippen LogP contribution is 2.56. The van der Waals surface area contributed by atoms with Crippen molar-refractivity contribution in [3.05, 3.63) is 64.8 Å². The third-order valence-electron chi connectivity index (χ3n) is 9.06. The monoisotopic (exact) mass is 505 g/mol. The molecule has 1 amide bonds. The Morgan fingerprint density at radius 2 is 1.89 bits per heavy atom. The molecule has 2 unspecified atom stereocenters. The van der Waals surface area contributed by atoms with Gasteiger partial charge in [0.1, 0.15) is 5.75 Å². The zero-order chi connectivity index (χ0) is 27.1. The van der Waals surface area contributed by atoms with E-state index in [9.17, 15) is 19.8 Å². The fourth-order valence-electron chi connectivity index (χ4n) is 7.31. The molecule has 0 radical (unpaired) electrons. The molecule has 1 aromatic carbocycles. The first-order chi connectivity index (χ1) is 17.4. The molecule has 0 spiro atoms. The number of allylic oxidation sites excluding steroid dienone is 4. The van der Waals surface area contributed by atoms with Gasteiger partial charge >= 0.3 is 0 Å². The number of fused-ring (bicyclic) bond motifs is 1. The Labute approximate surface area is 221 Å². The average molecular weight is 506 g/mol. The van der Waals surface area contributed by atoms with Crippen LogP contribution in [0.1, 0.15) is 72.8 Å². The normalized spacial score (nSPS) is 34.8. The molecule has 3 aliphatic rings. The van der Waals surface area contributed by atoms with Crippen molar-refractivity contribution in [3.63, 3.8) is 0 Å². The summed E-state index contributed by atoms with van der Waals surface area (Å²) >= 11 is 0. The number of aliphatic hydroxyl groups is 1. The maximum absolute atomic E-state index is 14.4. The van der Waals surface area contributed by atoms with Crippen molar-refractivity contribution in [1.29, 1.82) is 0 Å². The van der Waals surface area contributed by atoms with Crippen LogP contribution in [0.2, 0.25) is 0 Å². The molecular formula is C32H43NO4. The molecule has 7 atom stereocenters. The Kier molecular flexibility index (Phi) is 7.58. The van der Waals surface area contributed by atoms with Gasteiger partial charge in [-0.05, 0) is 73.6 Å². The van der Waals surface area contributed by atoms with E-state index in [1.54, 1.807) is 24.3 Å². The van der Waals surface area contributed by atoms with E-state index in [0.717, 1.165) is 31.2 Å². The van der Waals surface area contributed by atoms with E-state index >= 15 is 0 Å². The topological polar surface area (TPSA) is 86.6 Å². The Morgan fingerprint density at radius 1 is 1.22 bits per heavy atom. The van der Waals surface area contributed by atoms with Crippen molar-refractivity contribution in [2.45, 2.75) is 79.4 Å². The third kappa shape index (κ3) is 5.47. The lowest BCUT2D eigenvalue weighted by atomic mass is 9.52. The number of ketones is 1. The van der Waals surface area contributed by atoms with E-state index in [-0.39, 0.29) is 46.7 Å². The Hall–Kier alpha value is -2.66. The van der Waals surface area contributed by atoms with Gasteiger partial charge in [-0.15, -0.1) is 0 Å². The van der Waals surface area contributed by atoms with Crippen molar-refractivity contribution in [2.75, 3.05) is 0 Å². The SMILES string of the molecule is CCC(C)/C=C(\C)[C@@H]1C(C)=C[C@]2(C)C[C@@H](C)CC[C@H]2[C@@H]1C(=O)C1=CC(O)(Cc2ccc(O)cc2)NC1=O. The molecule has 4 rings (SSSR count). The van der Waals surface area contributed by atoms with E-state index in [1.165, 1.54) is 17.2 Å². The number of rotatable bonds is 7. The molecule has 0 bridgehead atoms. The van der Waals surface area contributed by atoms with Crippen LogP contribution in [0.25, 0.3) is 0 Å². The number of Topliss-reactive ketones (excluding diaryl/α,β-unsaturated/α-hetero) is 1. The van der Waals surface area contributed by atoms with Crippen molar-refractivity contribution in [2.24, 2.45) is 35.0 Å². The number of phenols is 1. The van der Waals surface area contributed by atoms with Gasteiger partial charge in [0.15, 0.2) is 11.5 Å². The second-order valence-corrected chi connectivity index (χ2v) is 12.3. The molecule has 0 saturated heterocycles. The molecule has 5 heteroatoms. The van der Waals surface area contributed by atoms with Crippen LogP contribution < -0.4 is 5.32 Å². The summed E-state index contributed by atoms with van der Waals surface area (Å²) < 4.78 is 0. The average Bonchev–Trinajstić information content (AvgIpc) is 3.12. The zero-order valence-electron chi connectivity index (χ0n) is 23.2. The number of hydrogen-bond acceptors (Lipinski definition) is 4. The van der Waals surface area contributed by atoms with Crippen molar-refractivity contribution in [3.8, 4) is 5.75 Å². The molecule has 1 heterocycles. The van der Waals surface area contributed by atoms with E-state index < -0.39 is 11.6 Å². The van der Waals surface area contributed by atoms with Gasteiger partial charge in [0.25, 0.3) is 5.91 Å². The van der Waals surface area contributed by atoms with E-state index in [4.69, 9.17) is 0 Å². The van der Waals surface area contributed by atoms with Crippen LogP contribution in [0.5, 0.6) is 5.75 Å². The largest absolute Gasteiger partial charge is 0.508 e. The fraction of sp³-hybridized carbons (Fsp3) is 0.562. The first-order valence-electron chi connectivity index (χ1n) is 13.8. The third-order valence-corrected chi connectivity index (χ3v) is 9.06. The van der Waals surface area contributed by atoms with E-state index in [0.29, 0.717) is 11.8 Å². The number of phenolic OH excluding ortho intramolecular Hbond substituents is 1. The fourth-order valence-corrected chi connectivity index (χ4v) is 7.31. The van der Waals surface area contributed by atoms with Gasteiger partial charge < -0.3 is 15.5 Å². The predicted octanol–water partition coefficient (Wildman–Crippen LogP) is 5.88. The van der Waals surface area contributed by atoms with Gasteiger partial charge in [-0.2, -0.15) is 0 Å². The standard InChI is InChI=1S/C32H43NO4/c1-7-19(2)14-21(4)27-22(5)16-31(6)15-20(3)8-13-26(31)28(27)29(35)25-18-32(37,33-30(25)36)17-23-9-11-24(34)12-10-23/h9-12,14,16,18-20,26-28,34,37H,7-8,13,15,17H2,1-6H3,(H,33,36)/b21-14+/t19?,20-,26-,27+,28-,31-,32?/m0/s1. The van der Waals surface area contributed by atoms with E-state index in [2.05, 4.69) is 59.0 Å². The van der Waals surface area contributed by atoms with Gasteiger partial charge in [0.2, 0.25) is 0 Å². The smallest absolute Gasteiger partial charge is 0.257 e. The van der Waals surface area contributed by atoms with Crippen molar-refractivity contribution in [1.82, 2.24) is 5.32 Å². The molecule has 1 saturated carbocycles. The molecule has 0 aromatic heterocycles. The van der Waals surface area contributed by atoms with Crippen LogP contribution in [0.3, 0.4) is 0 Å². The Morgan fingerprint density at radius 3 is 2.54 bits per heavy atom. The number of benzene rings is 1. The lowest BCUT2D eigenvalue weighted by Gasteiger charge is -2.52. The lowest BCUT2D eigenvalue weighted by Crippen LogP contribution is -2.48. The second-order valence-electron chi connectivity index (χ2n) is 12.3. The lowest BCUT2D eigenvalue weighted by molar-refractivity contribution is -0.129. The summed E-state index contributed by atoms with van der Waals surface area (Å²) in [5.74, 6) is 0.236. The number of carbonyl (C=O) groups is 2. The number of amides is 1. The number of carbonyl (C=O) groups excluding carboxylic acids is 2. The van der Waals surface area contributed by atoms with Crippen LogP contribution in [-0.2, 0) is 16.0 Å². The van der Waals surface area contributed by atoms with Gasteiger partial charge in [0.05, 0.1) is 5.57 Å². The summed E-state index contributed by atoms with van der Waals surface area (Å²) in [6, 6.07) is 6.50. The highest BCUT2D eigenvalue weighted by molar-refractivity contribution is 6.22. The van der Waals surface area contributed by atoms with Crippen LogP contribution in [0.15, 0.2) is 59.2 Å². The molecular weight excluding hydrogens is 462 g/mol. The van der Waals surface area contributed by atoms with Crippen molar-refractivity contribution >= 4 is 11.7 Å². The highest BCUT2D eigenvalue weighted by atomic mass is 16.3. The molecule has 1 aliphatic heterocycles. The molecule has 1 aromatic rings. The molecule has 200 valence electrons. The maximum Gasteiger partial charge on any atom is 0.257 e. The quantitative estimate of drug-likeness (QED) is 0.319. The number of nitrogens with one attached hydrogen (secondary N) is 1. The predicted molar refractivity (Wildman–Crippen MR) is 147 cm³/mol. The van der Waals surface area contributed by atoms with Crippen LogP contribution in [0, 0.1) is 35.0 Å². The first kappa shape index (κ1) is 27.4. The molecule has 2 aliphatic carbocycles. The Balaban J connectivity index is 1.73. The number of hydrogen-bond donors (Lipinski definition) is 3. The van der Waals surface area contributed by atoms with Crippen LogP contribution in [-0.4, -0.2) is 27.6 Å². The molecule has 5 nitrogen and oxygen atoms in total. The van der Waals surface area contributed by atoms with Gasteiger partial charge in [-0.1, -0.05) is 76.0 Å². The van der Waals surface area contributed by atoms with Crippen LogP contribution >= 0.6 is 0 Å². The summed E-state index contributed by atoms with van der Waals surface area (Å²) in [5.41, 5.74) is 1.50. The maximum atomic E-state index is 14.4. The highest BCUT2D eigenvalue weighted by Gasteiger charge is 2.53. The molecule has 1 fully saturated rings. The summed E-state index contributed by atoms with van der Waals surface area (Å²) in [4.78, 5) is 27.5. The summed E-state index contributed by atoms with van der Waals surface area (Å²) in [5, 5.41) is 23.5. The summed E-state index contributed by atoms with van der Waals surface area (Å²) in [6.07, 6.45) is 10.4. The van der Waals surface area contributed by atoms with E-state index in [1.807, 2.05) is 0 Å². The zero-order valence-corrected chi connectivity index (χ0v) is 23.2. The molecule has 3 N–H and O–H groups in total. The first-order valence-corrected chi connectivity index (χ1v) is 13.8. The minimum atomic E-state index is -1.64. The van der Waals surface area contributed by atoms with Crippen molar-refractivity contribution < 1.29 is 19.8 Å². The van der Waals surface area contributed by atoms with Gasteiger partial charge in [-0.3, -0.25) is 9.59 Å². The minimum Gasteiger partial charge on any atom is -0.508 e. The molecule has 37 heavy (non-hydrogen) atoms. The summed E-state index contributed by atoms with van der Waals surface area (Å²) in [6.45, 7) is 13.2. The minimum absolute atomic E-state index is 0.0486. The number of aromatic hydroxyl groups is 1.